The van der Waals surface area contributed by atoms with E-state index >= 15 is 0 Å². The first-order valence-electron chi connectivity index (χ1n) is 5.32. The van der Waals surface area contributed by atoms with E-state index in [1.54, 1.807) is 0 Å². The fourth-order valence-electron chi connectivity index (χ4n) is 1.62. The van der Waals surface area contributed by atoms with E-state index in [-0.39, 0.29) is 6.42 Å². The second-order valence-electron chi connectivity index (χ2n) is 3.86. The second-order valence-corrected chi connectivity index (χ2v) is 4.18. The average molecular weight is 252 g/mol. The van der Waals surface area contributed by atoms with Gasteiger partial charge in [0.15, 0.2) is 0 Å². The highest BCUT2D eigenvalue weighted by Gasteiger charge is 2.18. The minimum atomic E-state index is -0.462. The Hall–Kier alpha value is -1.49. The fourth-order valence-corrected chi connectivity index (χ4v) is 1.83. The number of carbonyl (C=O) groups is 2. The van der Waals surface area contributed by atoms with Crippen LogP contribution in [0.1, 0.15) is 29.9 Å². The van der Waals surface area contributed by atoms with Crippen LogP contribution < -0.4 is 11.5 Å². The molecule has 0 saturated carbocycles. The predicted molar refractivity (Wildman–Crippen MR) is 69.5 cm³/mol. The number of amides is 2. The molecule has 2 amide bonds. The third-order valence-electron chi connectivity index (χ3n) is 2.59. The third kappa shape index (κ3) is 4.11. The Bertz CT molecular complexity index is 403. The van der Waals surface area contributed by atoms with Crippen LogP contribution in [0.4, 0.5) is 0 Å². The molecule has 1 unspecified atom stereocenters. The Balaban J connectivity index is 2.81. The van der Waals surface area contributed by atoms with Gasteiger partial charge in [-0.05, 0) is 17.5 Å². The first kappa shape index (κ1) is 13.6. The summed E-state index contributed by atoms with van der Waals surface area (Å²) in [7, 11) is 0. The van der Waals surface area contributed by atoms with Gasteiger partial charge < -0.3 is 11.5 Å². The van der Waals surface area contributed by atoms with Crippen LogP contribution >= 0.6 is 12.6 Å². The SMILES string of the molecule is NC(=O)CCC(C(N)=O)c1ccc(CS)cc1. The second kappa shape index (κ2) is 6.30. The lowest BCUT2D eigenvalue weighted by Gasteiger charge is -2.13. The van der Waals surface area contributed by atoms with Crippen LogP contribution in [0.5, 0.6) is 0 Å². The van der Waals surface area contributed by atoms with Crippen LogP contribution in [0, 0.1) is 0 Å². The van der Waals surface area contributed by atoms with Gasteiger partial charge in [-0.25, -0.2) is 0 Å². The molecule has 0 fully saturated rings. The van der Waals surface area contributed by atoms with Crippen molar-refractivity contribution in [2.24, 2.45) is 11.5 Å². The fraction of sp³-hybridized carbons (Fsp3) is 0.333. The summed E-state index contributed by atoms with van der Waals surface area (Å²) in [6.45, 7) is 0. The molecule has 1 aromatic rings. The Morgan fingerprint density at radius 3 is 2.18 bits per heavy atom. The van der Waals surface area contributed by atoms with E-state index in [1.807, 2.05) is 24.3 Å². The van der Waals surface area contributed by atoms with E-state index in [2.05, 4.69) is 12.6 Å². The first-order valence-corrected chi connectivity index (χ1v) is 5.95. The molecule has 0 aromatic heterocycles. The summed E-state index contributed by atoms with van der Waals surface area (Å²) in [4.78, 5) is 22.0. The van der Waals surface area contributed by atoms with Crippen molar-refractivity contribution in [2.45, 2.75) is 24.5 Å². The van der Waals surface area contributed by atoms with Crippen molar-refractivity contribution in [1.82, 2.24) is 0 Å². The number of rotatable bonds is 6. The molecule has 4 N–H and O–H groups in total. The van der Waals surface area contributed by atoms with Crippen LogP contribution in [0.3, 0.4) is 0 Å². The summed E-state index contributed by atoms with van der Waals surface area (Å²) < 4.78 is 0. The van der Waals surface area contributed by atoms with Gasteiger partial charge in [0, 0.05) is 12.2 Å². The quantitative estimate of drug-likeness (QED) is 0.658. The normalized spacial score (nSPS) is 12.1. The summed E-state index contributed by atoms with van der Waals surface area (Å²) >= 11 is 4.15. The number of thiol groups is 1. The van der Waals surface area contributed by atoms with Gasteiger partial charge in [0.05, 0.1) is 5.92 Å². The van der Waals surface area contributed by atoms with Gasteiger partial charge in [-0.3, -0.25) is 9.59 Å². The van der Waals surface area contributed by atoms with Crippen molar-refractivity contribution in [2.75, 3.05) is 0 Å². The van der Waals surface area contributed by atoms with Crippen molar-refractivity contribution in [1.29, 1.82) is 0 Å². The van der Waals surface area contributed by atoms with Crippen molar-refractivity contribution in [3.63, 3.8) is 0 Å². The maximum Gasteiger partial charge on any atom is 0.224 e. The van der Waals surface area contributed by atoms with Gasteiger partial charge in [0.25, 0.3) is 0 Å². The van der Waals surface area contributed by atoms with E-state index in [4.69, 9.17) is 11.5 Å². The molecule has 4 nitrogen and oxygen atoms in total. The Labute approximate surface area is 106 Å². The van der Waals surface area contributed by atoms with Gasteiger partial charge >= 0.3 is 0 Å². The lowest BCUT2D eigenvalue weighted by molar-refractivity contribution is -0.120. The molecular weight excluding hydrogens is 236 g/mol. The topological polar surface area (TPSA) is 86.2 Å². The van der Waals surface area contributed by atoms with E-state index in [0.29, 0.717) is 12.2 Å². The van der Waals surface area contributed by atoms with E-state index in [1.165, 1.54) is 0 Å². The Morgan fingerprint density at radius 2 is 1.76 bits per heavy atom. The van der Waals surface area contributed by atoms with Crippen LogP contribution in [0.15, 0.2) is 24.3 Å². The molecule has 92 valence electrons. The smallest absolute Gasteiger partial charge is 0.224 e. The monoisotopic (exact) mass is 252 g/mol. The highest BCUT2D eigenvalue weighted by molar-refractivity contribution is 7.79. The maximum atomic E-state index is 11.3. The highest BCUT2D eigenvalue weighted by atomic mass is 32.1. The number of hydrogen-bond donors (Lipinski definition) is 3. The van der Waals surface area contributed by atoms with E-state index < -0.39 is 17.7 Å². The Morgan fingerprint density at radius 1 is 1.18 bits per heavy atom. The zero-order valence-electron chi connectivity index (χ0n) is 9.43. The van der Waals surface area contributed by atoms with Gasteiger partial charge in [0.1, 0.15) is 0 Å². The molecule has 0 aliphatic rings. The van der Waals surface area contributed by atoms with Crippen LogP contribution in [0.2, 0.25) is 0 Å². The number of hydrogen-bond acceptors (Lipinski definition) is 3. The predicted octanol–water partition coefficient (Wildman–Crippen LogP) is 0.951. The first-order chi connectivity index (χ1) is 8.04. The molecule has 0 heterocycles. The number of benzene rings is 1. The minimum Gasteiger partial charge on any atom is -0.370 e. The van der Waals surface area contributed by atoms with Gasteiger partial charge in [-0.15, -0.1) is 0 Å². The molecule has 1 rings (SSSR count). The molecule has 0 aliphatic carbocycles. The lowest BCUT2D eigenvalue weighted by atomic mass is 9.93. The minimum absolute atomic E-state index is 0.155. The number of primary amides is 2. The highest BCUT2D eigenvalue weighted by Crippen LogP contribution is 2.21. The molecule has 1 aromatic carbocycles. The summed E-state index contributed by atoms with van der Waals surface area (Å²) in [6.07, 6.45) is 0.507. The summed E-state index contributed by atoms with van der Waals surface area (Å²) in [5, 5.41) is 0. The lowest BCUT2D eigenvalue weighted by Crippen LogP contribution is -2.23. The molecular formula is C12H16N2O2S. The third-order valence-corrected chi connectivity index (χ3v) is 2.95. The van der Waals surface area contributed by atoms with Crippen LogP contribution in [-0.2, 0) is 15.3 Å². The molecule has 0 aliphatic heterocycles. The molecule has 0 radical (unpaired) electrons. The average Bonchev–Trinajstić information content (AvgIpc) is 2.29. The standard InChI is InChI=1S/C12H16N2O2S/c13-11(15)6-5-10(12(14)16)9-3-1-8(7-17)2-4-9/h1-4,10,17H,5-7H2,(H2,13,15)(H2,14,16). The van der Waals surface area contributed by atoms with Crippen LogP contribution in [0.25, 0.3) is 0 Å². The Kier molecular flexibility index (Phi) is 5.03. The maximum absolute atomic E-state index is 11.3. The largest absolute Gasteiger partial charge is 0.370 e. The summed E-state index contributed by atoms with van der Waals surface area (Å²) in [5.74, 6) is -0.687. The summed E-state index contributed by atoms with van der Waals surface area (Å²) in [5.41, 5.74) is 12.3. The zero-order valence-corrected chi connectivity index (χ0v) is 10.3. The van der Waals surface area contributed by atoms with Crippen molar-refractivity contribution in [3.05, 3.63) is 35.4 Å². The van der Waals surface area contributed by atoms with Crippen molar-refractivity contribution >= 4 is 24.4 Å². The van der Waals surface area contributed by atoms with E-state index in [9.17, 15) is 9.59 Å². The molecule has 1 atom stereocenters. The zero-order chi connectivity index (χ0) is 12.8. The van der Waals surface area contributed by atoms with Gasteiger partial charge in [0.2, 0.25) is 11.8 Å². The van der Waals surface area contributed by atoms with E-state index in [0.717, 1.165) is 11.1 Å². The number of carbonyl (C=O) groups excluding carboxylic acids is 2. The molecule has 0 spiro atoms. The molecule has 0 bridgehead atoms. The van der Waals surface area contributed by atoms with Crippen molar-refractivity contribution in [3.8, 4) is 0 Å². The molecule has 0 saturated heterocycles. The summed E-state index contributed by atoms with van der Waals surface area (Å²) in [6, 6.07) is 7.45. The number of nitrogens with two attached hydrogens (primary N) is 2. The van der Waals surface area contributed by atoms with Gasteiger partial charge in [-0.1, -0.05) is 24.3 Å². The molecule has 5 heteroatoms. The molecule has 17 heavy (non-hydrogen) atoms. The van der Waals surface area contributed by atoms with Crippen molar-refractivity contribution < 1.29 is 9.59 Å². The van der Waals surface area contributed by atoms with Gasteiger partial charge in [-0.2, -0.15) is 12.6 Å². The van der Waals surface area contributed by atoms with Crippen LogP contribution in [-0.4, -0.2) is 11.8 Å².